The number of benzene rings is 1. The zero-order valence-electron chi connectivity index (χ0n) is 11.4. The minimum absolute atomic E-state index is 0.00394. The summed E-state index contributed by atoms with van der Waals surface area (Å²) in [6.07, 6.45) is 2.36. The first kappa shape index (κ1) is 14.1. The van der Waals surface area contributed by atoms with Crippen LogP contribution in [0.2, 0.25) is 0 Å². The molecular formula is C14H14O6S. The summed E-state index contributed by atoms with van der Waals surface area (Å²) in [6.45, 7) is -0.0868. The standard InChI is InChI=1S/C14H14O6S/c1-21(17,18)14-9(4-5-12-13(14)20-7-19-12)11(16)6-10(15)8-2-3-8/h4-5,8H,2-3,6-7H2,1H3. The van der Waals surface area contributed by atoms with Crippen LogP contribution in [0.3, 0.4) is 0 Å². The van der Waals surface area contributed by atoms with Gasteiger partial charge in [-0.2, -0.15) is 0 Å². The molecule has 0 bridgehead atoms. The maximum Gasteiger partial charge on any atom is 0.231 e. The van der Waals surface area contributed by atoms with Crippen molar-refractivity contribution in [2.24, 2.45) is 5.92 Å². The monoisotopic (exact) mass is 310 g/mol. The molecule has 0 spiro atoms. The number of rotatable bonds is 5. The first-order chi connectivity index (χ1) is 9.88. The minimum atomic E-state index is -3.68. The van der Waals surface area contributed by atoms with Crippen molar-refractivity contribution in [3.63, 3.8) is 0 Å². The van der Waals surface area contributed by atoms with Crippen LogP contribution in [-0.2, 0) is 14.6 Å². The normalized spacial score (nSPS) is 16.8. The summed E-state index contributed by atoms with van der Waals surface area (Å²) < 4.78 is 34.3. The van der Waals surface area contributed by atoms with Gasteiger partial charge in [0.2, 0.25) is 6.79 Å². The van der Waals surface area contributed by atoms with Gasteiger partial charge in [-0.05, 0) is 25.0 Å². The number of Topliss-reactive ketones (excluding diaryl/α,β-unsaturated/α-hetero) is 2. The average Bonchev–Trinajstić information content (AvgIpc) is 3.14. The van der Waals surface area contributed by atoms with Gasteiger partial charge in [0.25, 0.3) is 0 Å². The molecule has 21 heavy (non-hydrogen) atoms. The number of ketones is 2. The molecule has 2 aliphatic rings. The van der Waals surface area contributed by atoms with Crippen molar-refractivity contribution >= 4 is 21.4 Å². The maximum absolute atomic E-state index is 12.3. The number of hydrogen-bond donors (Lipinski definition) is 0. The van der Waals surface area contributed by atoms with E-state index in [4.69, 9.17) is 9.47 Å². The van der Waals surface area contributed by atoms with Crippen molar-refractivity contribution in [1.29, 1.82) is 0 Å². The third kappa shape index (κ3) is 2.65. The second-order valence-electron chi connectivity index (χ2n) is 5.29. The molecule has 1 aromatic rings. The van der Waals surface area contributed by atoms with Crippen molar-refractivity contribution in [3.05, 3.63) is 17.7 Å². The van der Waals surface area contributed by atoms with Gasteiger partial charge in [-0.25, -0.2) is 8.42 Å². The van der Waals surface area contributed by atoms with Crippen LogP contribution in [0.4, 0.5) is 0 Å². The molecule has 6 nitrogen and oxygen atoms in total. The van der Waals surface area contributed by atoms with E-state index in [1.54, 1.807) is 0 Å². The van der Waals surface area contributed by atoms with Crippen LogP contribution < -0.4 is 9.47 Å². The van der Waals surface area contributed by atoms with Gasteiger partial charge in [-0.1, -0.05) is 0 Å². The van der Waals surface area contributed by atoms with Crippen LogP contribution in [0.1, 0.15) is 29.6 Å². The summed E-state index contributed by atoms with van der Waals surface area (Å²) >= 11 is 0. The Morgan fingerprint density at radius 2 is 1.95 bits per heavy atom. The van der Waals surface area contributed by atoms with Gasteiger partial charge in [0, 0.05) is 17.7 Å². The molecule has 0 unspecified atom stereocenters. The molecule has 1 aliphatic carbocycles. The Morgan fingerprint density at radius 3 is 2.57 bits per heavy atom. The molecule has 0 aromatic heterocycles. The zero-order valence-corrected chi connectivity index (χ0v) is 12.2. The summed E-state index contributed by atoms with van der Waals surface area (Å²) in [5.41, 5.74) is -0.00394. The molecule has 0 N–H and O–H groups in total. The Morgan fingerprint density at radius 1 is 1.24 bits per heavy atom. The summed E-state index contributed by atoms with van der Waals surface area (Å²) in [6, 6.07) is 2.87. The topological polar surface area (TPSA) is 86.7 Å². The third-order valence-corrected chi connectivity index (χ3v) is 4.68. The largest absolute Gasteiger partial charge is 0.454 e. The van der Waals surface area contributed by atoms with Crippen LogP contribution >= 0.6 is 0 Å². The van der Waals surface area contributed by atoms with Gasteiger partial charge >= 0.3 is 0 Å². The second-order valence-corrected chi connectivity index (χ2v) is 7.24. The molecule has 0 radical (unpaired) electrons. The average molecular weight is 310 g/mol. The molecule has 112 valence electrons. The summed E-state index contributed by atoms with van der Waals surface area (Å²) in [5, 5.41) is 0. The van der Waals surface area contributed by atoms with E-state index in [1.807, 2.05) is 0 Å². The van der Waals surface area contributed by atoms with Crippen molar-refractivity contribution in [2.75, 3.05) is 13.0 Å². The lowest BCUT2D eigenvalue weighted by Gasteiger charge is -2.09. The van der Waals surface area contributed by atoms with Crippen molar-refractivity contribution in [2.45, 2.75) is 24.2 Å². The Kier molecular flexibility index (Phi) is 3.24. The highest BCUT2D eigenvalue weighted by Gasteiger charge is 2.34. The molecule has 1 saturated carbocycles. The van der Waals surface area contributed by atoms with E-state index in [1.165, 1.54) is 12.1 Å². The first-order valence-electron chi connectivity index (χ1n) is 6.56. The number of fused-ring (bicyclic) bond motifs is 1. The summed E-state index contributed by atoms with van der Waals surface area (Å²) in [4.78, 5) is 23.8. The number of carbonyl (C=O) groups is 2. The Balaban J connectivity index is 2.01. The Labute approximate surface area is 122 Å². The minimum Gasteiger partial charge on any atom is -0.454 e. The maximum atomic E-state index is 12.3. The van der Waals surface area contributed by atoms with E-state index in [0.717, 1.165) is 19.1 Å². The number of ether oxygens (including phenoxy) is 2. The molecule has 1 aliphatic heterocycles. The number of hydrogen-bond acceptors (Lipinski definition) is 6. The summed E-state index contributed by atoms with van der Waals surface area (Å²) in [5.74, 6) is -0.310. The van der Waals surface area contributed by atoms with Crippen LogP contribution in [0.25, 0.3) is 0 Å². The van der Waals surface area contributed by atoms with Gasteiger partial charge in [0.15, 0.2) is 27.1 Å². The fraction of sp³-hybridized carbons (Fsp3) is 0.429. The van der Waals surface area contributed by atoms with Gasteiger partial charge < -0.3 is 9.47 Å². The zero-order chi connectivity index (χ0) is 15.2. The van der Waals surface area contributed by atoms with E-state index in [-0.39, 0.29) is 41.1 Å². The van der Waals surface area contributed by atoms with E-state index in [9.17, 15) is 18.0 Å². The van der Waals surface area contributed by atoms with E-state index in [0.29, 0.717) is 5.75 Å². The summed E-state index contributed by atoms with van der Waals surface area (Å²) in [7, 11) is -3.68. The quantitative estimate of drug-likeness (QED) is 0.603. The molecule has 1 fully saturated rings. The lowest BCUT2D eigenvalue weighted by Crippen LogP contribution is -2.14. The molecule has 1 aromatic carbocycles. The Bertz CT molecular complexity index is 730. The predicted molar refractivity (Wildman–Crippen MR) is 72.4 cm³/mol. The molecular weight excluding hydrogens is 296 g/mol. The Hall–Kier alpha value is -1.89. The van der Waals surface area contributed by atoms with E-state index in [2.05, 4.69) is 0 Å². The molecule has 0 saturated heterocycles. The molecule has 0 amide bonds. The van der Waals surface area contributed by atoms with Crippen LogP contribution in [0, 0.1) is 5.92 Å². The fourth-order valence-corrected chi connectivity index (χ4v) is 3.42. The third-order valence-electron chi connectivity index (χ3n) is 3.53. The number of carbonyl (C=O) groups excluding carboxylic acids is 2. The van der Waals surface area contributed by atoms with Crippen molar-refractivity contribution in [1.82, 2.24) is 0 Å². The lowest BCUT2D eigenvalue weighted by atomic mass is 10.0. The van der Waals surface area contributed by atoms with E-state index >= 15 is 0 Å². The first-order valence-corrected chi connectivity index (χ1v) is 8.45. The highest BCUT2D eigenvalue weighted by atomic mass is 32.2. The van der Waals surface area contributed by atoms with Crippen molar-refractivity contribution < 1.29 is 27.5 Å². The van der Waals surface area contributed by atoms with E-state index < -0.39 is 15.6 Å². The van der Waals surface area contributed by atoms with Crippen LogP contribution in [0.15, 0.2) is 17.0 Å². The molecule has 1 heterocycles. The van der Waals surface area contributed by atoms with Crippen LogP contribution in [-0.4, -0.2) is 33.0 Å². The highest BCUT2D eigenvalue weighted by Crippen LogP contribution is 2.41. The molecule has 3 rings (SSSR count). The highest BCUT2D eigenvalue weighted by molar-refractivity contribution is 7.91. The molecule has 7 heteroatoms. The van der Waals surface area contributed by atoms with Gasteiger partial charge in [0.05, 0.1) is 6.42 Å². The van der Waals surface area contributed by atoms with Gasteiger partial charge in [0.1, 0.15) is 10.7 Å². The van der Waals surface area contributed by atoms with Gasteiger partial charge in [-0.15, -0.1) is 0 Å². The van der Waals surface area contributed by atoms with Gasteiger partial charge in [-0.3, -0.25) is 9.59 Å². The smallest absolute Gasteiger partial charge is 0.231 e. The van der Waals surface area contributed by atoms with Crippen LogP contribution in [0.5, 0.6) is 11.5 Å². The van der Waals surface area contributed by atoms with Crippen molar-refractivity contribution in [3.8, 4) is 11.5 Å². The SMILES string of the molecule is CS(=O)(=O)c1c(C(=O)CC(=O)C2CC2)ccc2c1OCO2. The molecule has 0 atom stereocenters. The lowest BCUT2D eigenvalue weighted by molar-refractivity contribution is -0.119. The second kappa shape index (κ2) is 4.84. The fourth-order valence-electron chi connectivity index (χ4n) is 2.34. The number of sulfone groups is 1. The predicted octanol–water partition coefficient (Wildman–Crippen LogP) is 1.37.